The molecule has 0 aliphatic carbocycles. The molecule has 0 aliphatic heterocycles. The van der Waals surface area contributed by atoms with Crippen molar-refractivity contribution < 1.29 is 4.79 Å². The van der Waals surface area contributed by atoms with Crippen molar-refractivity contribution in [3.8, 4) is 0 Å². The lowest BCUT2D eigenvalue weighted by molar-refractivity contribution is 0.0951. The molecule has 1 amide bonds. The number of rotatable bonds is 4. The van der Waals surface area contributed by atoms with Gasteiger partial charge in [0, 0.05) is 55.5 Å². The maximum atomic E-state index is 12.5. The Morgan fingerprint density at radius 3 is 2.40 bits per heavy atom. The van der Waals surface area contributed by atoms with Crippen LogP contribution in [0.1, 0.15) is 27.2 Å². The van der Waals surface area contributed by atoms with Gasteiger partial charge in [0.05, 0.1) is 0 Å². The molecule has 0 saturated heterocycles. The van der Waals surface area contributed by atoms with Crippen LogP contribution in [-0.4, -0.2) is 24.6 Å². The zero-order valence-corrected chi connectivity index (χ0v) is 15.6. The van der Waals surface area contributed by atoms with Crippen molar-refractivity contribution in [2.45, 2.75) is 20.4 Å². The SMILES string of the molecule is Cc1c(C)n(C)c2ccc(C(=O)NCc3ccc(N(C)C)cc3)cc12. The van der Waals surface area contributed by atoms with Gasteiger partial charge in [0.1, 0.15) is 0 Å². The first-order valence-corrected chi connectivity index (χ1v) is 8.48. The van der Waals surface area contributed by atoms with E-state index in [9.17, 15) is 4.79 Å². The Morgan fingerprint density at radius 1 is 1.08 bits per heavy atom. The number of nitrogens with one attached hydrogen (secondary N) is 1. The summed E-state index contributed by atoms with van der Waals surface area (Å²) in [6.07, 6.45) is 0. The van der Waals surface area contributed by atoms with E-state index in [0.717, 1.165) is 22.2 Å². The molecule has 0 saturated carbocycles. The van der Waals surface area contributed by atoms with Gasteiger partial charge in [-0.25, -0.2) is 0 Å². The van der Waals surface area contributed by atoms with Gasteiger partial charge in [-0.2, -0.15) is 0 Å². The summed E-state index contributed by atoms with van der Waals surface area (Å²) in [5, 5.41) is 4.15. The Labute approximate surface area is 149 Å². The zero-order valence-electron chi connectivity index (χ0n) is 15.6. The molecular formula is C21H25N3O. The second kappa shape index (κ2) is 6.63. The highest BCUT2D eigenvalue weighted by molar-refractivity contribution is 5.99. The quantitative estimate of drug-likeness (QED) is 0.787. The van der Waals surface area contributed by atoms with E-state index in [1.54, 1.807) is 0 Å². The summed E-state index contributed by atoms with van der Waals surface area (Å²) in [6.45, 7) is 4.73. The average molecular weight is 335 g/mol. The van der Waals surface area contributed by atoms with Gasteiger partial charge >= 0.3 is 0 Å². The highest BCUT2D eigenvalue weighted by Crippen LogP contribution is 2.25. The number of carbonyl (C=O) groups excluding carboxylic acids is 1. The standard InChI is InChI=1S/C21H25N3O/c1-14-15(2)24(5)20-11-8-17(12-19(14)20)21(25)22-13-16-6-9-18(10-7-16)23(3)4/h6-12H,13H2,1-5H3,(H,22,25). The molecule has 0 bridgehead atoms. The maximum Gasteiger partial charge on any atom is 0.251 e. The van der Waals surface area contributed by atoms with Crippen LogP contribution in [0.2, 0.25) is 0 Å². The molecule has 2 aromatic carbocycles. The van der Waals surface area contributed by atoms with E-state index in [0.29, 0.717) is 12.1 Å². The van der Waals surface area contributed by atoms with Gasteiger partial charge in [-0.05, 0) is 55.3 Å². The number of aryl methyl sites for hydroxylation is 2. The highest BCUT2D eigenvalue weighted by atomic mass is 16.1. The molecule has 3 rings (SSSR count). The van der Waals surface area contributed by atoms with Crippen molar-refractivity contribution in [3.05, 3.63) is 64.8 Å². The van der Waals surface area contributed by atoms with E-state index in [4.69, 9.17) is 0 Å². The molecular weight excluding hydrogens is 310 g/mol. The van der Waals surface area contributed by atoms with Crippen LogP contribution < -0.4 is 10.2 Å². The number of benzene rings is 2. The molecule has 4 nitrogen and oxygen atoms in total. The molecule has 4 heteroatoms. The smallest absolute Gasteiger partial charge is 0.251 e. The summed E-state index contributed by atoms with van der Waals surface area (Å²) < 4.78 is 2.17. The van der Waals surface area contributed by atoms with Crippen LogP contribution in [0.5, 0.6) is 0 Å². The monoisotopic (exact) mass is 335 g/mol. The fourth-order valence-corrected chi connectivity index (χ4v) is 3.09. The first-order valence-electron chi connectivity index (χ1n) is 8.48. The number of hydrogen-bond donors (Lipinski definition) is 1. The van der Waals surface area contributed by atoms with Crippen LogP contribution in [0.3, 0.4) is 0 Å². The van der Waals surface area contributed by atoms with Crippen molar-refractivity contribution >= 4 is 22.5 Å². The lowest BCUT2D eigenvalue weighted by atomic mass is 10.1. The first kappa shape index (κ1) is 17.1. The second-order valence-corrected chi connectivity index (χ2v) is 6.74. The van der Waals surface area contributed by atoms with E-state index >= 15 is 0 Å². The third-order valence-electron chi connectivity index (χ3n) is 4.98. The average Bonchev–Trinajstić information content (AvgIpc) is 2.84. The molecule has 130 valence electrons. The maximum absolute atomic E-state index is 12.5. The van der Waals surface area contributed by atoms with Crippen LogP contribution >= 0.6 is 0 Å². The fourth-order valence-electron chi connectivity index (χ4n) is 3.09. The molecule has 25 heavy (non-hydrogen) atoms. The van der Waals surface area contributed by atoms with Gasteiger partial charge in [0.2, 0.25) is 0 Å². The Morgan fingerprint density at radius 2 is 1.76 bits per heavy atom. The van der Waals surface area contributed by atoms with Gasteiger partial charge in [-0.3, -0.25) is 4.79 Å². The van der Waals surface area contributed by atoms with E-state index in [1.807, 2.05) is 44.4 Å². The summed E-state index contributed by atoms with van der Waals surface area (Å²) in [7, 11) is 6.09. The van der Waals surface area contributed by atoms with Gasteiger partial charge < -0.3 is 14.8 Å². The molecule has 0 spiro atoms. The number of hydrogen-bond acceptors (Lipinski definition) is 2. The Bertz CT molecular complexity index is 920. The van der Waals surface area contributed by atoms with Crippen molar-refractivity contribution in [2.75, 3.05) is 19.0 Å². The van der Waals surface area contributed by atoms with Crippen molar-refractivity contribution in [1.82, 2.24) is 9.88 Å². The number of anilines is 1. The largest absolute Gasteiger partial charge is 0.378 e. The predicted octanol–water partition coefficient (Wildman–Crippen LogP) is 3.79. The molecule has 0 fully saturated rings. The van der Waals surface area contributed by atoms with Gasteiger partial charge in [-0.15, -0.1) is 0 Å². The summed E-state index contributed by atoms with van der Waals surface area (Å²) >= 11 is 0. The van der Waals surface area contributed by atoms with E-state index in [1.165, 1.54) is 11.3 Å². The Kier molecular flexibility index (Phi) is 4.53. The topological polar surface area (TPSA) is 37.3 Å². The molecule has 1 aromatic heterocycles. The predicted molar refractivity (Wildman–Crippen MR) is 104 cm³/mol. The third-order valence-corrected chi connectivity index (χ3v) is 4.98. The first-order chi connectivity index (χ1) is 11.9. The van der Waals surface area contributed by atoms with Crippen LogP contribution in [0, 0.1) is 13.8 Å². The van der Waals surface area contributed by atoms with Crippen molar-refractivity contribution in [1.29, 1.82) is 0 Å². The Balaban J connectivity index is 1.75. The second-order valence-electron chi connectivity index (χ2n) is 6.74. The highest BCUT2D eigenvalue weighted by Gasteiger charge is 2.12. The molecule has 0 unspecified atom stereocenters. The third kappa shape index (κ3) is 3.25. The molecule has 1 N–H and O–H groups in total. The number of aromatic nitrogens is 1. The lowest BCUT2D eigenvalue weighted by Crippen LogP contribution is -2.22. The zero-order chi connectivity index (χ0) is 18.1. The van der Waals surface area contributed by atoms with Crippen LogP contribution in [0.25, 0.3) is 10.9 Å². The summed E-state index contributed by atoms with van der Waals surface area (Å²) in [5.41, 5.74) is 6.55. The molecule has 1 heterocycles. The Hall–Kier alpha value is -2.75. The number of nitrogens with zero attached hydrogens (tertiary/aromatic N) is 2. The molecule has 0 aliphatic rings. The minimum Gasteiger partial charge on any atom is -0.378 e. The van der Waals surface area contributed by atoms with Gasteiger partial charge in [-0.1, -0.05) is 12.1 Å². The van der Waals surface area contributed by atoms with Crippen LogP contribution in [-0.2, 0) is 13.6 Å². The van der Waals surface area contributed by atoms with Crippen molar-refractivity contribution in [3.63, 3.8) is 0 Å². The molecule has 3 aromatic rings. The van der Waals surface area contributed by atoms with E-state index in [2.05, 4.69) is 47.8 Å². The van der Waals surface area contributed by atoms with Gasteiger partial charge in [0.25, 0.3) is 5.91 Å². The van der Waals surface area contributed by atoms with Crippen molar-refractivity contribution in [2.24, 2.45) is 7.05 Å². The van der Waals surface area contributed by atoms with Gasteiger partial charge in [0.15, 0.2) is 0 Å². The number of fused-ring (bicyclic) bond motifs is 1. The number of amides is 1. The normalized spacial score (nSPS) is 10.9. The number of carbonyl (C=O) groups is 1. The fraction of sp³-hybridized carbons (Fsp3) is 0.286. The van der Waals surface area contributed by atoms with E-state index in [-0.39, 0.29) is 5.91 Å². The van der Waals surface area contributed by atoms with Crippen LogP contribution in [0.15, 0.2) is 42.5 Å². The molecule has 0 radical (unpaired) electrons. The van der Waals surface area contributed by atoms with E-state index < -0.39 is 0 Å². The summed E-state index contributed by atoms with van der Waals surface area (Å²) in [4.78, 5) is 14.6. The lowest BCUT2D eigenvalue weighted by Gasteiger charge is -2.13. The minimum absolute atomic E-state index is 0.0421. The summed E-state index contributed by atoms with van der Waals surface area (Å²) in [5.74, 6) is -0.0421. The van der Waals surface area contributed by atoms with Crippen LogP contribution in [0.4, 0.5) is 5.69 Å². The molecule has 0 atom stereocenters. The minimum atomic E-state index is -0.0421. The summed E-state index contributed by atoms with van der Waals surface area (Å²) in [6, 6.07) is 14.1.